The fourth-order valence-electron chi connectivity index (χ4n) is 3.17. The molecule has 1 aromatic carbocycles. The van der Waals surface area contributed by atoms with E-state index in [0.717, 1.165) is 11.3 Å². The average Bonchev–Trinajstić information content (AvgIpc) is 3.32. The Hall–Kier alpha value is -2.86. The standard InChI is InChI=1S/C23H29N3O3/c1-15(2)17-8-10-18(11-9-17)23-25-19(16(3)29-23)13-22(27)24-14-20(26(4)5)21-7-6-12-28-21/h6-12,15,20H,13-14H2,1-5H3,(H,24,27). The van der Waals surface area contributed by atoms with Gasteiger partial charge in [-0.25, -0.2) is 4.98 Å². The van der Waals surface area contributed by atoms with Gasteiger partial charge < -0.3 is 14.2 Å². The lowest BCUT2D eigenvalue weighted by Gasteiger charge is -2.22. The summed E-state index contributed by atoms with van der Waals surface area (Å²) in [7, 11) is 3.91. The first-order chi connectivity index (χ1) is 13.8. The van der Waals surface area contributed by atoms with Crippen molar-refractivity contribution < 1.29 is 13.6 Å². The lowest BCUT2D eigenvalue weighted by molar-refractivity contribution is -0.120. The molecule has 154 valence electrons. The highest BCUT2D eigenvalue weighted by Crippen LogP contribution is 2.24. The molecule has 3 aromatic rings. The van der Waals surface area contributed by atoms with Crippen LogP contribution in [-0.2, 0) is 11.2 Å². The second-order valence-electron chi connectivity index (χ2n) is 7.77. The highest BCUT2D eigenvalue weighted by molar-refractivity contribution is 5.78. The van der Waals surface area contributed by atoms with Crippen LogP contribution in [0.3, 0.4) is 0 Å². The summed E-state index contributed by atoms with van der Waals surface area (Å²) in [5.41, 5.74) is 2.84. The monoisotopic (exact) mass is 395 g/mol. The van der Waals surface area contributed by atoms with Crippen LogP contribution in [0.5, 0.6) is 0 Å². The molecule has 0 aliphatic carbocycles. The number of hydrogen-bond acceptors (Lipinski definition) is 5. The van der Waals surface area contributed by atoms with Crippen molar-refractivity contribution in [1.82, 2.24) is 15.2 Å². The lowest BCUT2D eigenvalue weighted by Crippen LogP contribution is -2.35. The van der Waals surface area contributed by atoms with Gasteiger partial charge in [-0.05, 0) is 56.8 Å². The smallest absolute Gasteiger partial charge is 0.226 e. The van der Waals surface area contributed by atoms with Crippen molar-refractivity contribution in [3.8, 4) is 11.5 Å². The van der Waals surface area contributed by atoms with Crippen molar-refractivity contribution in [1.29, 1.82) is 0 Å². The Balaban J connectivity index is 1.63. The zero-order valence-corrected chi connectivity index (χ0v) is 17.7. The van der Waals surface area contributed by atoms with E-state index in [1.807, 2.05) is 50.2 Å². The normalized spacial score (nSPS) is 12.5. The number of benzene rings is 1. The number of carbonyl (C=O) groups excluding carboxylic acids is 1. The number of nitrogens with zero attached hydrogens (tertiary/aromatic N) is 2. The largest absolute Gasteiger partial charge is 0.468 e. The Morgan fingerprint density at radius 1 is 1.17 bits per heavy atom. The van der Waals surface area contributed by atoms with Gasteiger partial charge in [0.1, 0.15) is 11.5 Å². The molecule has 6 nitrogen and oxygen atoms in total. The number of nitrogens with one attached hydrogen (secondary N) is 1. The van der Waals surface area contributed by atoms with Gasteiger partial charge in [-0.15, -0.1) is 0 Å². The number of furan rings is 1. The van der Waals surface area contributed by atoms with Gasteiger partial charge in [0.2, 0.25) is 11.8 Å². The number of rotatable bonds is 8. The highest BCUT2D eigenvalue weighted by atomic mass is 16.4. The van der Waals surface area contributed by atoms with E-state index in [0.29, 0.717) is 29.8 Å². The Morgan fingerprint density at radius 3 is 2.48 bits per heavy atom. The van der Waals surface area contributed by atoms with Crippen LogP contribution in [0.25, 0.3) is 11.5 Å². The van der Waals surface area contributed by atoms with Crippen LogP contribution in [-0.4, -0.2) is 36.4 Å². The van der Waals surface area contributed by atoms with E-state index in [2.05, 4.69) is 36.3 Å². The third-order valence-electron chi connectivity index (χ3n) is 5.03. The minimum absolute atomic E-state index is 0.0256. The molecule has 0 radical (unpaired) electrons. The third-order valence-corrected chi connectivity index (χ3v) is 5.03. The van der Waals surface area contributed by atoms with Gasteiger partial charge in [-0.1, -0.05) is 26.0 Å². The summed E-state index contributed by atoms with van der Waals surface area (Å²) in [6, 6.07) is 11.9. The van der Waals surface area contributed by atoms with Crippen LogP contribution in [0.4, 0.5) is 0 Å². The number of aromatic nitrogens is 1. The van der Waals surface area contributed by atoms with Crippen LogP contribution in [0.1, 0.15) is 48.6 Å². The fourth-order valence-corrected chi connectivity index (χ4v) is 3.17. The molecule has 3 rings (SSSR count). The third kappa shape index (κ3) is 5.15. The minimum atomic E-state index is -0.0958. The molecule has 6 heteroatoms. The summed E-state index contributed by atoms with van der Waals surface area (Å²) >= 11 is 0. The summed E-state index contributed by atoms with van der Waals surface area (Å²) in [6.45, 7) is 6.62. The second kappa shape index (κ2) is 9.09. The van der Waals surface area contributed by atoms with Crippen molar-refractivity contribution in [2.45, 2.75) is 39.2 Å². The van der Waals surface area contributed by atoms with E-state index < -0.39 is 0 Å². The summed E-state index contributed by atoms with van der Waals surface area (Å²) in [5, 5.41) is 2.97. The quantitative estimate of drug-likeness (QED) is 0.615. The minimum Gasteiger partial charge on any atom is -0.468 e. The maximum atomic E-state index is 12.5. The second-order valence-corrected chi connectivity index (χ2v) is 7.77. The molecule has 1 N–H and O–H groups in total. The molecule has 1 atom stereocenters. The Kier molecular flexibility index (Phi) is 6.54. The summed E-state index contributed by atoms with van der Waals surface area (Å²) < 4.78 is 11.3. The molecule has 0 aliphatic rings. The van der Waals surface area contributed by atoms with Gasteiger partial charge in [0, 0.05) is 12.1 Å². The zero-order chi connectivity index (χ0) is 21.0. The van der Waals surface area contributed by atoms with Crippen molar-refractivity contribution in [2.75, 3.05) is 20.6 Å². The molecular weight excluding hydrogens is 366 g/mol. The summed E-state index contributed by atoms with van der Waals surface area (Å²) in [5.74, 6) is 2.41. The first-order valence-electron chi connectivity index (χ1n) is 9.88. The van der Waals surface area contributed by atoms with Crippen LogP contribution >= 0.6 is 0 Å². The Bertz CT molecular complexity index is 925. The van der Waals surface area contributed by atoms with Crippen molar-refractivity contribution in [3.05, 3.63) is 65.4 Å². The molecule has 0 fully saturated rings. The predicted molar refractivity (Wildman–Crippen MR) is 113 cm³/mol. The first kappa shape index (κ1) is 20.9. The van der Waals surface area contributed by atoms with Gasteiger partial charge in [0.15, 0.2) is 0 Å². The molecular formula is C23H29N3O3. The SMILES string of the molecule is Cc1oc(-c2ccc(C(C)C)cc2)nc1CC(=O)NCC(c1ccco1)N(C)C. The van der Waals surface area contributed by atoms with E-state index >= 15 is 0 Å². The van der Waals surface area contributed by atoms with E-state index in [1.165, 1.54) is 5.56 Å². The topological polar surface area (TPSA) is 71.5 Å². The predicted octanol–water partition coefficient (Wildman–Crippen LogP) is 4.33. The van der Waals surface area contributed by atoms with Gasteiger partial charge in [0.05, 0.1) is 24.4 Å². The van der Waals surface area contributed by atoms with E-state index in [9.17, 15) is 4.79 Å². The Morgan fingerprint density at radius 2 is 1.90 bits per heavy atom. The van der Waals surface area contributed by atoms with Crippen LogP contribution in [0.2, 0.25) is 0 Å². The Labute approximate surface area is 171 Å². The zero-order valence-electron chi connectivity index (χ0n) is 17.7. The number of amides is 1. The molecule has 2 aromatic heterocycles. The molecule has 2 heterocycles. The molecule has 0 saturated carbocycles. The van der Waals surface area contributed by atoms with E-state index in [1.54, 1.807) is 6.26 Å². The molecule has 1 amide bonds. The number of likely N-dealkylation sites (N-methyl/N-ethyl adjacent to an activating group) is 1. The van der Waals surface area contributed by atoms with Gasteiger partial charge in [-0.2, -0.15) is 0 Å². The maximum absolute atomic E-state index is 12.5. The van der Waals surface area contributed by atoms with Gasteiger partial charge >= 0.3 is 0 Å². The molecule has 1 unspecified atom stereocenters. The lowest BCUT2D eigenvalue weighted by atomic mass is 10.0. The number of hydrogen-bond donors (Lipinski definition) is 1. The summed E-state index contributed by atoms with van der Waals surface area (Å²) in [6.07, 6.45) is 1.82. The van der Waals surface area contributed by atoms with Crippen molar-refractivity contribution in [3.63, 3.8) is 0 Å². The van der Waals surface area contributed by atoms with E-state index in [4.69, 9.17) is 8.83 Å². The van der Waals surface area contributed by atoms with Crippen LogP contribution in [0.15, 0.2) is 51.5 Å². The maximum Gasteiger partial charge on any atom is 0.226 e. The molecule has 0 bridgehead atoms. The molecule has 29 heavy (non-hydrogen) atoms. The summed E-state index contributed by atoms with van der Waals surface area (Å²) in [4.78, 5) is 19.0. The molecule has 0 spiro atoms. The van der Waals surface area contributed by atoms with E-state index in [-0.39, 0.29) is 18.4 Å². The number of carbonyl (C=O) groups is 1. The van der Waals surface area contributed by atoms with Gasteiger partial charge in [-0.3, -0.25) is 9.69 Å². The number of aryl methyl sites for hydroxylation is 1. The average molecular weight is 396 g/mol. The van der Waals surface area contributed by atoms with Gasteiger partial charge in [0.25, 0.3) is 0 Å². The van der Waals surface area contributed by atoms with Crippen LogP contribution < -0.4 is 5.32 Å². The first-order valence-corrected chi connectivity index (χ1v) is 9.88. The van der Waals surface area contributed by atoms with Crippen molar-refractivity contribution >= 4 is 5.91 Å². The molecule has 0 aliphatic heterocycles. The highest BCUT2D eigenvalue weighted by Gasteiger charge is 2.19. The molecule has 0 saturated heterocycles. The van der Waals surface area contributed by atoms with Crippen molar-refractivity contribution in [2.24, 2.45) is 0 Å². The number of oxazole rings is 1. The van der Waals surface area contributed by atoms with Crippen LogP contribution in [0, 0.1) is 6.92 Å². The fraction of sp³-hybridized carbons (Fsp3) is 0.391.